The molecular weight excluding hydrogens is 274 g/mol. The molecule has 0 aromatic heterocycles. The van der Waals surface area contributed by atoms with Crippen LogP contribution < -0.4 is 5.32 Å². The third-order valence-corrected chi connectivity index (χ3v) is 7.07. The Labute approximate surface area is 103 Å². The minimum Gasteiger partial charge on any atom is -0.318 e. The summed E-state index contributed by atoms with van der Waals surface area (Å²) in [5, 5.41) is 2.05. The number of nitrogens with one attached hydrogen (secondary N) is 1. The van der Waals surface area contributed by atoms with Crippen molar-refractivity contribution in [2.45, 2.75) is 19.9 Å². The van der Waals surface area contributed by atoms with Crippen molar-refractivity contribution in [3.63, 3.8) is 0 Å². The molecule has 0 atom stereocenters. The van der Waals surface area contributed by atoms with Gasteiger partial charge in [-0.1, -0.05) is 0 Å². The Balaban J connectivity index is 2.54. The molecule has 1 rings (SSSR count). The van der Waals surface area contributed by atoms with Crippen LogP contribution in [0.25, 0.3) is 0 Å². The van der Waals surface area contributed by atoms with Crippen molar-refractivity contribution in [2.24, 2.45) is 0 Å². The molecule has 0 unspecified atom stereocenters. The topological polar surface area (TPSA) is 50.8 Å². The van der Waals surface area contributed by atoms with Gasteiger partial charge in [-0.25, -0.2) is 4.79 Å². The van der Waals surface area contributed by atoms with Gasteiger partial charge in [0.2, 0.25) is 0 Å². The highest BCUT2D eigenvalue weighted by atomic mass is 32.5. The predicted octanol–water partition coefficient (Wildman–Crippen LogP) is 2.25. The molecule has 1 fully saturated rings. The molecule has 9 heteroatoms. The van der Waals surface area contributed by atoms with Crippen molar-refractivity contribution in [3.05, 3.63) is 0 Å². The van der Waals surface area contributed by atoms with Crippen LogP contribution in [0, 0.1) is 0 Å². The maximum Gasteiger partial charge on any atom is 0.398 e. The van der Waals surface area contributed by atoms with Crippen molar-refractivity contribution in [2.75, 3.05) is 19.1 Å². The van der Waals surface area contributed by atoms with Crippen molar-refractivity contribution in [1.82, 2.24) is 9.39 Å². The molecule has 0 spiro atoms. The van der Waals surface area contributed by atoms with Crippen molar-refractivity contribution in [1.29, 1.82) is 0 Å². The lowest BCUT2D eigenvalue weighted by Gasteiger charge is -2.31. The van der Waals surface area contributed by atoms with Crippen molar-refractivity contribution in [3.8, 4) is 0 Å². The van der Waals surface area contributed by atoms with Gasteiger partial charge in [0.1, 0.15) is 0 Å². The molecule has 0 bridgehead atoms. The van der Waals surface area contributed by atoms with Crippen LogP contribution in [0.3, 0.4) is 0 Å². The lowest BCUT2D eigenvalue weighted by molar-refractivity contribution is 0.223. The normalized spacial score (nSPS) is 19.3. The summed E-state index contributed by atoms with van der Waals surface area (Å²) in [7, 11) is 0. The van der Waals surface area contributed by atoms with E-state index in [1.54, 1.807) is 4.08 Å². The summed E-state index contributed by atoms with van der Waals surface area (Å²) < 4.78 is 24.6. The number of carbonyl (C=O) groups is 1. The summed E-state index contributed by atoms with van der Waals surface area (Å²) in [4.78, 5) is 10.1. The van der Waals surface area contributed by atoms with Gasteiger partial charge in [-0.2, -0.15) is 4.08 Å². The fourth-order valence-corrected chi connectivity index (χ4v) is 5.66. The standard InChI is InChI=1S/C7H14FN2O3PS2/c1-6(2)10(16-5-9-7(8)11)14(15)12-3-4-13-14/h6H,3-5H2,1-2H3,(H,9,11). The number of hydrogen-bond acceptors (Lipinski definition) is 5. The van der Waals surface area contributed by atoms with Gasteiger partial charge >= 0.3 is 6.16 Å². The molecule has 0 radical (unpaired) electrons. The first-order chi connectivity index (χ1) is 7.46. The van der Waals surface area contributed by atoms with Crippen LogP contribution in [-0.2, 0) is 20.9 Å². The largest absolute Gasteiger partial charge is 0.398 e. The third kappa shape index (κ3) is 3.94. The molecule has 1 saturated heterocycles. The van der Waals surface area contributed by atoms with E-state index in [1.165, 1.54) is 11.9 Å². The predicted molar refractivity (Wildman–Crippen MR) is 65.3 cm³/mol. The Morgan fingerprint density at radius 3 is 2.62 bits per heavy atom. The van der Waals surface area contributed by atoms with E-state index < -0.39 is 12.8 Å². The Bertz CT molecular complexity index is 295. The molecule has 1 aliphatic rings. The summed E-state index contributed by atoms with van der Waals surface area (Å²) in [5.41, 5.74) is 0. The molecule has 16 heavy (non-hydrogen) atoms. The van der Waals surface area contributed by atoms with E-state index in [0.29, 0.717) is 13.2 Å². The number of halogens is 1. The van der Waals surface area contributed by atoms with Gasteiger partial charge in [-0.3, -0.25) is 0 Å². The van der Waals surface area contributed by atoms with E-state index in [4.69, 9.17) is 20.9 Å². The lowest BCUT2D eigenvalue weighted by atomic mass is 10.4. The molecule has 1 amide bonds. The van der Waals surface area contributed by atoms with Crippen LogP contribution in [0.2, 0.25) is 0 Å². The summed E-state index contributed by atoms with van der Waals surface area (Å²) in [5.74, 6) is 0.110. The Hall–Kier alpha value is 0.280. The van der Waals surface area contributed by atoms with Crippen molar-refractivity contribution < 1.29 is 18.2 Å². The molecule has 0 saturated carbocycles. The van der Waals surface area contributed by atoms with Crippen LogP contribution in [0.1, 0.15) is 13.8 Å². The van der Waals surface area contributed by atoms with Crippen molar-refractivity contribution >= 4 is 36.6 Å². The second-order valence-corrected chi connectivity index (χ2v) is 7.73. The first-order valence-corrected chi connectivity index (χ1v) is 8.24. The highest BCUT2D eigenvalue weighted by Crippen LogP contribution is 2.59. The van der Waals surface area contributed by atoms with Crippen LogP contribution in [-0.4, -0.2) is 35.4 Å². The molecule has 0 aromatic rings. The van der Waals surface area contributed by atoms with E-state index in [-0.39, 0.29) is 11.9 Å². The number of amides is 1. The zero-order valence-corrected chi connectivity index (χ0v) is 11.5. The van der Waals surface area contributed by atoms with Gasteiger partial charge in [-0.15, -0.1) is 4.39 Å². The minimum absolute atomic E-state index is 0.0884. The van der Waals surface area contributed by atoms with Gasteiger partial charge in [0.15, 0.2) is 0 Å². The number of rotatable bonds is 5. The number of hydrogen-bond donors (Lipinski definition) is 1. The maximum absolute atomic E-state index is 12.0. The van der Waals surface area contributed by atoms with Crippen LogP contribution in [0.15, 0.2) is 0 Å². The molecule has 1 aliphatic heterocycles. The maximum atomic E-state index is 12.0. The molecule has 5 nitrogen and oxygen atoms in total. The average Bonchev–Trinajstić information content (AvgIpc) is 2.59. The monoisotopic (exact) mass is 288 g/mol. The highest BCUT2D eigenvalue weighted by Gasteiger charge is 2.35. The minimum atomic E-state index is -2.44. The van der Waals surface area contributed by atoms with Gasteiger partial charge in [0.05, 0.1) is 19.1 Å². The van der Waals surface area contributed by atoms with E-state index in [1.807, 2.05) is 19.2 Å². The zero-order chi connectivity index (χ0) is 12.2. The molecule has 1 heterocycles. The van der Waals surface area contributed by atoms with Crippen LogP contribution in [0.5, 0.6) is 0 Å². The number of carbonyl (C=O) groups excluding carboxylic acids is 1. The first kappa shape index (κ1) is 14.3. The van der Waals surface area contributed by atoms with Gasteiger partial charge in [0, 0.05) is 6.04 Å². The Kier molecular flexibility index (Phi) is 5.63. The lowest BCUT2D eigenvalue weighted by Crippen LogP contribution is -2.26. The number of nitrogens with zero attached hydrogens (tertiary/aromatic N) is 1. The van der Waals surface area contributed by atoms with E-state index >= 15 is 0 Å². The van der Waals surface area contributed by atoms with E-state index in [0.717, 1.165) is 0 Å². The molecule has 0 aromatic carbocycles. The first-order valence-electron chi connectivity index (χ1n) is 4.71. The second-order valence-electron chi connectivity index (χ2n) is 3.26. The second kappa shape index (κ2) is 6.28. The molecule has 0 aliphatic carbocycles. The SMILES string of the molecule is CC(C)N(SCNC(=O)F)P1(=S)OCCO1. The zero-order valence-electron chi connectivity index (χ0n) is 9.01. The quantitative estimate of drug-likeness (QED) is 0.275. The Morgan fingerprint density at radius 1 is 1.62 bits per heavy atom. The smallest absolute Gasteiger partial charge is 0.318 e. The fourth-order valence-electron chi connectivity index (χ4n) is 1.11. The van der Waals surface area contributed by atoms with Crippen LogP contribution >= 0.6 is 18.6 Å². The highest BCUT2D eigenvalue weighted by molar-refractivity contribution is 8.15. The van der Waals surface area contributed by atoms with Gasteiger partial charge in [0.25, 0.3) is 6.64 Å². The Morgan fingerprint density at radius 2 is 2.19 bits per heavy atom. The summed E-state index contributed by atoms with van der Waals surface area (Å²) in [6.07, 6.45) is -1.55. The molecule has 94 valence electrons. The van der Waals surface area contributed by atoms with E-state index in [9.17, 15) is 9.18 Å². The molecular formula is C7H14FN2O3PS2. The van der Waals surface area contributed by atoms with Gasteiger partial charge < -0.3 is 14.4 Å². The fraction of sp³-hybridized carbons (Fsp3) is 0.857. The van der Waals surface area contributed by atoms with Crippen LogP contribution in [0.4, 0.5) is 9.18 Å². The van der Waals surface area contributed by atoms with E-state index in [2.05, 4.69) is 0 Å². The third-order valence-electron chi connectivity index (χ3n) is 1.68. The summed E-state index contributed by atoms with van der Waals surface area (Å²) in [6.45, 7) is 2.39. The summed E-state index contributed by atoms with van der Waals surface area (Å²) in [6, 6.07) is 0.0884. The molecule has 1 N–H and O–H groups in total. The average molecular weight is 288 g/mol. The van der Waals surface area contributed by atoms with Gasteiger partial charge in [-0.05, 0) is 37.6 Å². The summed E-state index contributed by atoms with van der Waals surface area (Å²) >= 11 is 6.52.